The molecule has 14 aromatic heterocycles. The van der Waals surface area contributed by atoms with E-state index in [1.165, 1.54) is 0 Å². The number of aromatic nitrogens is 10. The zero-order valence-corrected chi connectivity index (χ0v) is 76.4. The van der Waals surface area contributed by atoms with Crippen LogP contribution in [0.2, 0.25) is 0 Å². The Morgan fingerprint density at radius 2 is 0.364 bits per heavy atom. The fourth-order valence-electron chi connectivity index (χ4n) is 20.7. The van der Waals surface area contributed by atoms with Gasteiger partial charge in [0, 0.05) is 136 Å². The lowest BCUT2D eigenvalue weighted by molar-refractivity contribution is 0.653. The Hall–Kier alpha value is -18.7. The van der Waals surface area contributed by atoms with Crippen molar-refractivity contribution in [3.63, 3.8) is 0 Å². The Morgan fingerprint density at radius 3 is 0.579 bits per heavy atom. The van der Waals surface area contributed by atoms with E-state index in [-0.39, 0.29) is 0 Å². The molecule has 658 valence electrons. The molecule has 0 radical (unpaired) electrons. The van der Waals surface area contributed by atoms with Crippen LogP contribution in [0.3, 0.4) is 0 Å². The van der Waals surface area contributed by atoms with Gasteiger partial charge in [0.2, 0.25) is 22.9 Å². The second-order valence-electron chi connectivity index (χ2n) is 35.7. The van der Waals surface area contributed by atoms with Crippen LogP contribution >= 0.6 is 0 Å². The largest absolute Gasteiger partial charge is 0.437 e. The predicted molar refractivity (Wildman–Crippen MR) is 565 cm³/mol. The van der Waals surface area contributed by atoms with Crippen LogP contribution < -0.4 is 0 Å². The summed E-state index contributed by atoms with van der Waals surface area (Å²) in [6.45, 7) is 7.99. The molecule has 0 fully saturated rings. The van der Waals surface area contributed by atoms with Crippen LogP contribution in [0.4, 0.5) is 0 Å². The van der Waals surface area contributed by atoms with Gasteiger partial charge >= 0.3 is 0 Å². The van der Waals surface area contributed by atoms with Crippen LogP contribution in [0.15, 0.2) is 431 Å². The van der Waals surface area contributed by atoms with Crippen molar-refractivity contribution < 1.29 is 17.7 Å². The van der Waals surface area contributed by atoms with Crippen molar-refractivity contribution in [1.29, 1.82) is 0 Å². The lowest BCUT2D eigenvalue weighted by Gasteiger charge is -2.19. The average Bonchev–Trinajstić information content (AvgIpc) is 1.56. The van der Waals surface area contributed by atoms with Crippen molar-refractivity contribution in [3.05, 3.63) is 436 Å². The van der Waals surface area contributed by atoms with E-state index < -0.39 is 0 Å². The average molecular weight is 1800 g/mol. The molecular weight excluding hydrogens is 1720 g/mol. The van der Waals surface area contributed by atoms with Crippen LogP contribution in [0.1, 0.15) is 22.8 Å². The summed E-state index contributed by atoms with van der Waals surface area (Å²) in [6.07, 6.45) is 11.3. The normalized spacial score (nSPS) is 11.7. The van der Waals surface area contributed by atoms with Crippen LogP contribution in [-0.2, 0) is 0 Å². The van der Waals surface area contributed by atoms with Crippen molar-refractivity contribution in [2.24, 2.45) is 0 Å². The van der Waals surface area contributed by atoms with Gasteiger partial charge in [0.1, 0.15) is 22.3 Å². The monoisotopic (exact) mass is 1800 g/mol. The summed E-state index contributed by atoms with van der Waals surface area (Å²) in [6, 6.07) is 133. The van der Waals surface area contributed by atoms with Crippen molar-refractivity contribution in [3.8, 4) is 190 Å². The minimum absolute atomic E-state index is 0.570. The van der Waals surface area contributed by atoms with E-state index in [4.69, 9.17) is 67.5 Å². The first-order valence-electron chi connectivity index (χ1n) is 46.8. The molecule has 12 aromatic carbocycles. The van der Waals surface area contributed by atoms with Gasteiger partial charge in [0.15, 0.2) is 0 Å². The highest BCUT2D eigenvalue weighted by Gasteiger charge is 2.29. The Balaban J connectivity index is 0.596. The first-order valence-corrected chi connectivity index (χ1v) is 46.8. The summed E-state index contributed by atoms with van der Waals surface area (Å²) in [7, 11) is 0. The zero-order chi connectivity index (χ0) is 93.2. The number of hydrogen-bond acceptors (Lipinski definition) is 14. The molecule has 0 aliphatic heterocycles. The molecule has 0 amide bonds. The number of rotatable bonds is 17. The van der Waals surface area contributed by atoms with Gasteiger partial charge in [0.05, 0.1) is 34.2 Å². The molecule has 0 N–H and O–H groups in total. The first kappa shape index (κ1) is 82.1. The van der Waals surface area contributed by atoms with Crippen LogP contribution in [0, 0.1) is 27.7 Å². The van der Waals surface area contributed by atoms with Gasteiger partial charge in [-0.25, -0.2) is 19.9 Å². The molecule has 140 heavy (non-hydrogen) atoms. The third-order valence-corrected chi connectivity index (χ3v) is 27.1. The van der Waals surface area contributed by atoms with E-state index in [9.17, 15) is 0 Å². The van der Waals surface area contributed by atoms with Crippen LogP contribution in [0.25, 0.3) is 278 Å². The summed E-state index contributed by atoms with van der Waals surface area (Å²) >= 11 is 0. The molecule has 0 saturated heterocycles. The van der Waals surface area contributed by atoms with Gasteiger partial charge in [-0.1, -0.05) is 206 Å². The Bertz CT molecular complexity index is 8490. The highest BCUT2D eigenvalue weighted by atomic mass is 16.4. The second-order valence-corrected chi connectivity index (χ2v) is 35.7. The van der Waals surface area contributed by atoms with Gasteiger partial charge in [-0.15, -0.1) is 0 Å². The van der Waals surface area contributed by atoms with E-state index >= 15 is 0 Å². The topological polar surface area (TPSA) is 181 Å². The number of hydrogen-bond donors (Lipinski definition) is 0. The molecule has 0 bridgehead atoms. The molecular formula is C126H80N10O4. The highest BCUT2D eigenvalue weighted by Crippen LogP contribution is 2.53. The number of furan rings is 4. The lowest BCUT2D eigenvalue weighted by atomic mass is 9.85. The van der Waals surface area contributed by atoms with Crippen molar-refractivity contribution >= 4 is 88.3 Å². The maximum absolute atomic E-state index is 6.87. The summed E-state index contributed by atoms with van der Waals surface area (Å²) < 4.78 is 27.5. The standard InChI is InChI=1S/C126H80N10O4/c1-73-41-47-105-115-97(51-55-101(109-37-17-21-61-127-109)119(115)137-123(105)133-73)93-33-13-9-29-89(93)81-65-79(66-82(69-81)90-30-10-14-34-94(90)98-52-56-102(110-38-18-22-62-128-110)120-116(98)106-48-42-74(2)134-124(106)138-120)87-27-7-5-25-85(87)77-45-59-113(131-71-77)114-60-46-78(72-132-114)86-26-6-8-28-88(86)80-67-83(91-31-11-15-35-95(91)99-53-57-103(111-39-19-23-63-129-111)121-117(99)107-49-43-75(3)135-125(107)139-121)70-84(68-80)92-32-12-16-36-96(92)100-54-58-104(112-40-20-24-64-130-112)122-118(100)108-50-44-76(4)136-126(108)140-122/h5-72H,1-4H3. The van der Waals surface area contributed by atoms with E-state index in [0.29, 0.717) is 22.9 Å². The summed E-state index contributed by atoms with van der Waals surface area (Å²) in [4.78, 5) is 49.9. The molecule has 0 spiro atoms. The molecule has 14 heterocycles. The summed E-state index contributed by atoms with van der Waals surface area (Å²) in [5.74, 6) is 0. The predicted octanol–water partition coefficient (Wildman–Crippen LogP) is 32.8. The van der Waals surface area contributed by atoms with E-state index in [2.05, 4.69) is 303 Å². The van der Waals surface area contributed by atoms with Crippen LogP contribution in [-0.4, -0.2) is 49.8 Å². The first-order chi connectivity index (χ1) is 69.0. The van der Waals surface area contributed by atoms with E-state index in [0.717, 1.165) is 278 Å². The maximum atomic E-state index is 6.87. The quantitative estimate of drug-likeness (QED) is 0.0839. The molecule has 0 aliphatic rings. The third-order valence-electron chi connectivity index (χ3n) is 27.1. The number of pyridine rings is 10. The van der Waals surface area contributed by atoms with Crippen molar-refractivity contribution in [1.82, 2.24) is 49.8 Å². The molecule has 14 heteroatoms. The minimum Gasteiger partial charge on any atom is -0.437 e. The third kappa shape index (κ3) is 14.2. The number of aryl methyl sites for hydroxylation is 4. The maximum Gasteiger partial charge on any atom is 0.227 e. The number of fused-ring (bicyclic) bond motifs is 12. The van der Waals surface area contributed by atoms with Gasteiger partial charge in [-0.05, 0) is 320 Å². The smallest absolute Gasteiger partial charge is 0.227 e. The molecule has 0 unspecified atom stereocenters. The van der Waals surface area contributed by atoms with Gasteiger partial charge in [-0.3, -0.25) is 29.9 Å². The highest BCUT2D eigenvalue weighted by molar-refractivity contribution is 6.21. The van der Waals surface area contributed by atoms with E-state index in [1.807, 2.05) is 138 Å². The Kier molecular flexibility index (Phi) is 19.8. The molecule has 0 aliphatic carbocycles. The van der Waals surface area contributed by atoms with E-state index in [1.54, 1.807) is 0 Å². The summed E-state index contributed by atoms with van der Waals surface area (Å²) in [5, 5.41) is 7.53. The molecule has 14 nitrogen and oxygen atoms in total. The molecule has 26 rings (SSSR count). The zero-order valence-electron chi connectivity index (χ0n) is 76.4. The lowest BCUT2D eigenvalue weighted by Crippen LogP contribution is -1.94. The van der Waals surface area contributed by atoms with Crippen molar-refractivity contribution in [2.75, 3.05) is 0 Å². The Labute approximate surface area is 804 Å². The number of benzene rings is 12. The van der Waals surface area contributed by atoms with Gasteiger partial charge < -0.3 is 17.7 Å². The Morgan fingerprint density at radius 1 is 0.157 bits per heavy atom. The van der Waals surface area contributed by atoms with Crippen molar-refractivity contribution in [2.45, 2.75) is 27.7 Å². The SMILES string of the molecule is Cc1ccc2c(n1)oc1c(-c3ccccn3)ccc(-c3ccccc3-c3cc(-c4ccccc4-c4ccc(-c5ccc(-c6ccccc6-c6cc(-c7ccccc7-c7ccc(-c8ccccn8)c8oc9nc(C)ccc9c78)cc(-c7ccccc7-c7ccc(-c8ccccn8)c8oc9nc(C)ccc9c78)c6)cn5)nc4)cc(-c4ccccc4-c4ccc(-c5ccccn5)c5oc6nc(C)ccc6c45)c3)c12. The fraction of sp³-hybridized carbons (Fsp3) is 0.0317. The summed E-state index contributed by atoms with van der Waals surface area (Å²) in [5.41, 5.74) is 41.1. The molecule has 26 aromatic rings. The molecule has 0 atom stereocenters. The van der Waals surface area contributed by atoms with Gasteiger partial charge in [0.25, 0.3) is 0 Å². The van der Waals surface area contributed by atoms with Gasteiger partial charge in [-0.2, -0.15) is 0 Å². The van der Waals surface area contributed by atoms with Crippen LogP contribution in [0.5, 0.6) is 0 Å². The minimum atomic E-state index is 0.570. The molecule has 0 saturated carbocycles. The fourth-order valence-corrected chi connectivity index (χ4v) is 20.7. The second kappa shape index (κ2) is 33.8. The number of nitrogens with zero attached hydrogens (tertiary/aromatic N) is 10.